The zero-order chi connectivity index (χ0) is 21.1. The standard InChI is InChI=1S/C18H26N6O4S2/c1-11-4-6-18(7-5-11)14(26)24(16(27)20-18)23-13(25)10-29-17-22-21-15(30-17)19-9-12-3-2-8-28-12/h11-12H,2-10H2,1H3,(H,19,21)(H,20,27)(H,23,25)/t11?,12-,18?/m1/s1. The van der Waals surface area contributed by atoms with Crippen LogP contribution in [-0.4, -0.2) is 63.6 Å². The first kappa shape index (κ1) is 21.3. The molecule has 2 saturated heterocycles. The Labute approximate surface area is 182 Å². The molecule has 1 aliphatic carbocycles. The van der Waals surface area contributed by atoms with Crippen LogP contribution in [0.5, 0.6) is 0 Å². The highest BCUT2D eigenvalue weighted by Crippen LogP contribution is 2.35. The van der Waals surface area contributed by atoms with Crippen molar-refractivity contribution >= 4 is 46.1 Å². The van der Waals surface area contributed by atoms with Crippen molar-refractivity contribution in [1.82, 2.24) is 25.9 Å². The van der Waals surface area contributed by atoms with Crippen molar-refractivity contribution in [3.05, 3.63) is 0 Å². The third kappa shape index (κ3) is 4.70. The first-order valence-electron chi connectivity index (χ1n) is 10.2. The zero-order valence-corrected chi connectivity index (χ0v) is 18.4. The fourth-order valence-corrected chi connectivity index (χ4v) is 5.50. The number of hydrazine groups is 1. The van der Waals surface area contributed by atoms with E-state index in [2.05, 4.69) is 33.2 Å². The molecule has 2 aliphatic heterocycles. The molecule has 0 unspecified atom stereocenters. The molecular formula is C18H26N6O4S2. The summed E-state index contributed by atoms with van der Waals surface area (Å²) in [6.45, 7) is 3.63. The van der Waals surface area contributed by atoms with Crippen LogP contribution in [0.25, 0.3) is 0 Å². The quantitative estimate of drug-likeness (QED) is 0.420. The summed E-state index contributed by atoms with van der Waals surface area (Å²) in [7, 11) is 0. The number of nitrogens with zero attached hydrogens (tertiary/aromatic N) is 3. The summed E-state index contributed by atoms with van der Waals surface area (Å²) < 4.78 is 6.19. The van der Waals surface area contributed by atoms with Gasteiger partial charge in [-0.2, -0.15) is 5.01 Å². The number of anilines is 1. The summed E-state index contributed by atoms with van der Waals surface area (Å²) in [5.41, 5.74) is 1.57. The Hall–Kier alpha value is -1.92. The largest absolute Gasteiger partial charge is 0.376 e. The van der Waals surface area contributed by atoms with E-state index in [0.29, 0.717) is 34.8 Å². The molecule has 3 aliphatic rings. The van der Waals surface area contributed by atoms with Crippen LogP contribution in [0.3, 0.4) is 0 Å². The molecule has 4 amide bonds. The molecule has 164 valence electrons. The lowest BCUT2D eigenvalue weighted by molar-refractivity contribution is -0.139. The lowest BCUT2D eigenvalue weighted by atomic mass is 9.77. The minimum absolute atomic E-state index is 0.0292. The number of carbonyl (C=O) groups is 3. The second kappa shape index (κ2) is 9.06. The first-order chi connectivity index (χ1) is 14.4. The van der Waals surface area contributed by atoms with Crippen molar-refractivity contribution in [2.45, 2.75) is 61.4 Å². The number of ether oxygens (including phenoxy) is 1. The molecule has 0 aromatic carbocycles. The fraction of sp³-hybridized carbons (Fsp3) is 0.722. The third-order valence-corrected chi connectivity index (χ3v) is 7.78. The molecule has 30 heavy (non-hydrogen) atoms. The molecule has 3 heterocycles. The van der Waals surface area contributed by atoms with Gasteiger partial charge in [-0.15, -0.1) is 10.2 Å². The van der Waals surface area contributed by atoms with Crippen LogP contribution < -0.4 is 16.1 Å². The lowest BCUT2D eigenvalue weighted by Gasteiger charge is -2.33. The average molecular weight is 455 g/mol. The number of thioether (sulfide) groups is 1. The molecule has 12 heteroatoms. The van der Waals surface area contributed by atoms with E-state index in [0.717, 1.165) is 37.3 Å². The molecule has 1 saturated carbocycles. The normalized spacial score (nSPS) is 28.8. The fourth-order valence-electron chi connectivity index (χ4n) is 3.95. The molecule has 1 aromatic heterocycles. The maximum Gasteiger partial charge on any atom is 0.344 e. The van der Waals surface area contributed by atoms with E-state index in [1.54, 1.807) is 0 Å². The zero-order valence-electron chi connectivity index (χ0n) is 16.8. The van der Waals surface area contributed by atoms with Crippen LogP contribution in [-0.2, 0) is 14.3 Å². The van der Waals surface area contributed by atoms with Crippen molar-refractivity contribution in [3.63, 3.8) is 0 Å². The number of amides is 4. The number of urea groups is 1. The summed E-state index contributed by atoms with van der Waals surface area (Å²) >= 11 is 2.57. The molecule has 1 atom stereocenters. The molecule has 0 bridgehead atoms. The molecule has 4 rings (SSSR count). The van der Waals surface area contributed by atoms with Crippen LogP contribution in [0, 0.1) is 5.92 Å². The molecule has 0 radical (unpaired) electrons. The number of aromatic nitrogens is 2. The van der Waals surface area contributed by atoms with Gasteiger partial charge in [-0.05, 0) is 44.4 Å². The Balaban J connectivity index is 1.24. The maximum atomic E-state index is 12.8. The summed E-state index contributed by atoms with van der Waals surface area (Å²) in [4.78, 5) is 37.4. The van der Waals surface area contributed by atoms with E-state index in [1.807, 2.05) is 0 Å². The second-order valence-electron chi connectivity index (χ2n) is 8.05. The van der Waals surface area contributed by atoms with Gasteiger partial charge in [0.1, 0.15) is 5.54 Å². The van der Waals surface area contributed by atoms with Gasteiger partial charge in [-0.25, -0.2) is 4.79 Å². The van der Waals surface area contributed by atoms with Gasteiger partial charge < -0.3 is 15.4 Å². The Kier molecular flexibility index (Phi) is 6.44. The van der Waals surface area contributed by atoms with Gasteiger partial charge in [0.25, 0.3) is 5.91 Å². The molecule has 3 fully saturated rings. The summed E-state index contributed by atoms with van der Waals surface area (Å²) in [6, 6.07) is -0.565. The highest BCUT2D eigenvalue weighted by molar-refractivity contribution is 8.01. The lowest BCUT2D eigenvalue weighted by Crippen LogP contribution is -2.51. The van der Waals surface area contributed by atoms with Crippen molar-refractivity contribution in [2.75, 3.05) is 24.2 Å². The molecule has 1 spiro atoms. The van der Waals surface area contributed by atoms with E-state index in [4.69, 9.17) is 4.74 Å². The predicted octanol–water partition coefficient (Wildman–Crippen LogP) is 1.75. The van der Waals surface area contributed by atoms with Crippen LogP contribution in [0.2, 0.25) is 0 Å². The number of imide groups is 1. The molecular weight excluding hydrogens is 428 g/mol. The topological polar surface area (TPSA) is 126 Å². The predicted molar refractivity (Wildman–Crippen MR) is 112 cm³/mol. The molecule has 1 aromatic rings. The Bertz CT molecular complexity index is 804. The van der Waals surface area contributed by atoms with Gasteiger partial charge >= 0.3 is 6.03 Å². The SMILES string of the molecule is CC1CCC2(CC1)NC(=O)N(NC(=O)CSc1nnc(NC[C@H]3CCCO3)s1)C2=O. The molecule has 10 nitrogen and oxygen atoms in total. The van der Waals surface area contributed by atoms with Crippen LogP contribution in [0.15, 0.2) is 4.34 Å². The van der Waals surface area contributed by atoms with Crippen LogP contribution in [0.1, 0.15) is 45.4 Å². The monoisotopic (exact) mass is 454 g/mol. The summed E-state index contributed by atoms with van der Waals surface area (Å²) in [5.74, 6) is -0.234. The van der Waals surface area contributed by atoms with Gasteiger partial charge in [0.05, 0.1) is 11.9 Å². The Morgan fingerprint density at radius 3 is 2.87 bits per heavy atom. The average Bonchev–Trinajstić information content (AvgIpc) is 3.45. The van der Waals surface area contributed by atoms with E-state index in [9.17, 15) is 14.4 Å². The van der Waals surface area contributed by atoms with Crippen molar-refractivity contribution < 1.29 is 19.1 Å². The van der Waals surface area contributed by atoms with Crippen molar-refractivity contribution in [2.24, 2.45) is 5.92 Å². The van der Waals surface area contributed by atoms with Gasteiger partial charge in [0.15, 0.2) is 4.34 Å². The summed E-state index contributed by atoms with van der Waals surface area (Å²) in [6.07, 6.45) is 5.29. The van der Waals surface area contributed by atoms with E-state index < -0.39 is 17.5 Å². The third-order valence-electron chi connectivity index (χ3n) is 5.76. The van der Waals surface area contributed by atoms with Crippen LogP contribution >= 0.6 is 23.1 Å². The van der Waals surface area contributed by atoms with Gasteiger partial charge in [0.2, 0.25) is 11.0 Å². The number of carbonyl (C=O) groups excluding carboxylic acids is 3. The van der Waals surface area contributed by atoms with E-state index in [-0.39, 0.29) is 17.8 Å². The van der Waals surface area contributed by atoms with E-state index >= 15 is 0 Å². The van der Waals surface area contributed by atoms with E-state index in [1.165, 1.54) is 23.1 Å². The second-order valence-corrected chi connectivity index (χ2v) is 10.2. The Morgan fingerprint density at radius 2 is 2.13 bits per heavy atom. The highest BCUT2D eigenvalue weighted by atomic mass is 32.2. The van der Waals surface area contributed by atoms with Gasteiger partial charge in [0, 0.05) is 13.2 Å². The smallest absolute Gasteiger partial charge is 0.344 e. The summed E-state index contributed by atoms with van der Waals surface area (Å²) in [5, 5.41) is 15.6. The van der Waals surface area contributed by atoms with Crippen molar-refractivity contribution in [3.8, 4) is 0 Å². The van der Waals surface area contributed by atoms with Crippen molar-refractivity contribution in [1.29, 1.82) is 0 Å². The number of rotatable bonds is 7. The minimum atomic E-state index is -0.868. The molecule has 3 N–H and O–H groups in total. The number of hydrogen-bond acceptors (Lipinski definition) is 9. The highest BCUT2D eigenvalue weighted by Gasteiger charge is 2.52. The van der Waals surface area contributed by atoms with Gasteiger partial charge in [-0.1, -0.05) is 30.0 Å². The Morgan fingerprint density at radius 1 is 1.33 bits per heavy atom. The number of hydrogen-bond donors (Lipinski definition) is 3. The van der Waals surface area contributed by atoms with Gasteiger partial charge in [-0.3, -0.25) is 15.0 Å². The maximum absolute atomic E-state index is 12.8. The minimum Gasteiger partial charge on any atom is -0.376 e. The first-order valence-corrected chi connectivity index (χ1v) is 12.0. The number of nitrogens with one attached hydrogen (secondary N) is 3. The van der Waals surface area contributed by atoms with Crippen LogP contribution in [0.4, 0.5) is 9.93 Å².